The predicted molar refractivity (Wildman–Crippen MR) is 248 cm³/mol. The van der Waals surface area contributed by atoms with Crippen molar-refractivity contribution in [2.24, 2.45) is 0 Å². The summed E-state index contributed by atoms with van der Waals surface area (Å²) in [6, 6.07) is 45.4. The van der Waals surface area contributed by atoms with Gasteiger partial charge >= 0.3 is 0 Å². The van der Waals surface area contributed by atoms with Crippen LogP contribution in [0.4, 0.5) is 0 Å². The van der Waals surface area contributed by atoms with Gasteiger partial charge < -0.3 is 0 Å². The Morgan fingerprint density at radius 2 is 0.780 bits per heavy atom. The molecule has 0 N–H and O–H groups in total. The highest BCUT2D eigenvalue weighted by Crippen LogP contribution is 2.41. The third-order valence-electron chi connectivity index (χ3n) is 10.5. The van der Waals surface area contributed by atoms with Gasteiger partial charge in [0.25, 0.3) is 0 Å². The van der Waals surface area contributed by atoms with Gasteiger partial charge in [-0.1, -0.05) is 170 Å². The number of hydrogen-bond acceptors (Lipinski definition) is 4. The summed E-state index contributed by atoms with van der Waals surface area (Å²) in [7, 11) is 0. The van der Waals surface area contributed by atoms with Crippen molar-refractivity contribution in [3.63, 3.8) is 0 Å². The minimum Gasteiger partial charge on any atom is -0.208 e. The second kappa shape index (κ2) is 14.8. The van der Waals surface area contributed by atoms with E-state index in [4.69, 9.17) is 28.7 Å². The molecule has 0 spiro atoms. The molecule has 0 aliphatic heterocycles. The molecule has 2 heterocycles. The molecular weight excluding hydrogens is 735 g/mol. The van der Waals surface area contributed by atoms with Crippen molar-refractivity contribution < 1.29 is 13.7 Å². The lowest BCUT2D eigenvalue weighted by Crippen LogP contribution is -2.00. The molecular formula is C55H35N3S. The average molecular weight is 780 g/mol. The van der Waals surface area contributed by atoms with Gasteiger partial charge in [-0.3, -0.25) is 0 Å². The van der Waals surface area contributed by atoms with E-state index in [2.05, 4.69) is 78.9 Å². The van der Waals surface area contributed by atoms with Crippen molar-refractivity contribution in [3.05, 3.63) is 212 Å². The zero-order valence-corrected chi connectivity index (χ0v) is 32.0. The van der Waals surface area contributed by atoms with E-state index in [9.17, 15) is 0 Å². The van der Waals surface area contributed by atoms with E-state index in [1.807, 2.05) is 24.3 Å². The van der Waals surface area contributed by atoms with Crippen LogP contribution in [0.3, 0.4) is 0 Å². The van der Waals surface area contributed by atoms with Crippen molar-refractivity contribution in [3.8, 4) is 78.7 Å². The fraction of sp³-hybridized carbons (Fsp3) is 0. The van der Waals surface area contributed by atoms with E-state index >= 15 is 0 Å². The Kier molecular flexibility index (Phi) is 6.42. The first-order chi connectivity index (χ1) is 33.3. The molecule has 0 bridgehead atoms. The summed E-state index contributed by atoms with van der Waals surface area (Å²) in [6.45, 7) is 0. The Bertz CT molecular complexity index is 3760. The molecule has 3 nitrogen and oxygen atoms in total. The molecule has 0 saturated heterocycles. The second-order valence-corrected chi connectivity index (χ2v) is 15.2. The number of benzene rings is 9. The van der Waals surface area contributed by atoms with Crippen LogP contribution in [0.2, 0.25) is 0 Å². The second-order valence-electron chi connectivity index (χ2n) is 14.1. The number of fused-ring (bicyclic) bond motifs is 4. The Hall–Kier alpha value is -7.53. The van der Waals surface area contributed by atoms with Gasteiger partial charge in [0.05, 0.1) is 13.7 Å². The summed E-state index contributed by atoms with van der Waals surface area (Å²) < 4.78 is 86.6. The molecule has 11 rings (SSSR count). The topological polar surface area (TPSA) is 38.7 Å². The first-order valence-corrected chi connectivity index (χ1v) is 19.8. The summed E-state index contributed by atoms with van der Waals surface area (Å²) >= 11 is 1.80. The molecule has 276 valence electrons. The summed E-state index contributed by atoms with van der Waals surface area (Å²) in [5.41, 5.74) is 6.71. The molecule has 0 unspecified atom stereocenters. The Morgan fingerprint density at radius 3 is 1.36 bits per heavy atom. The third kappa shape index (κ3) is 6.66. The maximum atomic E-state index is 8.65. The largest absolute Gasteiger partial charge is 0.208 e. The average Bonchev–Trinajstić information content (AvgIpc) is 3.78. The van der Waals surface area contributed by atoms with Gasteiger partial charge in [-0.05, 0) is 97.7 Å². The third-order valence-corrected chi connectivity index (χ3v) is 11.6. The lowest BCUT2D eigenvalue weighted by atomic mass is 9.95. The molecule has 9 aromatic carbocycles. The summed E-state index contributed by atoms with van der Waals surface area (Å²) in [6.07, 6.45) is 0. The van der Waals surface area contributed by atoms with Crippen LogP contribution >= 0.6 is 11.3 Å². The molecule has 0 atom stereocenters. The molecule has 11 aromatic rings. The molecule has 0 radical (unpaired) electrons. The van der Waals surface area contributed by atoms with E-state index in [1.54, 1.807) is 59.9 Å². The highest BCUT2D eigenvalue weighted by Gasteiger charge is 2.16. The Morgan fingerprint density at radius 1 is 0.339 bits per heavy atom. The van der Waals surface area contributed by atoms with Crippen molar-refractivity contribution >= 4 is 42.3 Å². The van der Waals surface area contributed by atoms with Crippen LogP contribution in [-0.2, 0) is 0 Å². The van der Waals surface area contributed by atoms with Gasteiger partial charge in [0.15, 0.2) is 17.5 Å². The quantitative estimate of drug-likeness (QED) is 0.162. The lowest BCUT2D eigenvalue weighted by Gasteiger charge is -2.12. The van der Waals surface area contributed by atoms with Gasteiger partial charge in [0, 0.05) is 36.9 Å². The molecule has 0 amide bonds. The normalized spacial score (nSPS) is 13.8. The lowest BCUT2D eigenvalue weighted by molar-refractivity contribution is 1.07. The predicted octanol–water partition coefficient (Wildman–Crippen LogP) is 15.1. The van der Waals surface area contributed by atoms with Gasteiger partial charge in [-0.2, -0.15) is 0 Å². The van der Waals surface area contributed by atoms with Crippen LogP contribution in [0.5, 0.6) is 0 Å². The highest BCUT2D eigenvalue weighted by atomic mass is 32.1. The Balaban J connectivity index is 1.02. The minimum atomic E-state index is -0.487. The van der Waals surface area contributed by atoms with E-state index in [0.717, 1.165) is 27.5 Å². The monoisotopic (exact) mass is 779 g/mol. The van der Waals surface area contributed by atoms with Gasteiger partial charge in [-0.15, -0.1) is 11.3 Å². The number of thiophene rings is 1. The summed E-state index contributed by atoms with van der Waals surface area (Å²) in [5, 5.41) is 4.70. The van der Waals surface area contributed by atoms with Crippen LogP contribution in [0, 0.1) is 0 Å². The number of hydrogen-bond donors (Lipinski definition) is 0. The number of aromatic nitrogens is 3. The van der Waals surface area contributed by atoms with Crippen molar-refractivity contribution in [1.82, 2.24) is 15.0 Å². The van der Waals surface area contributed by atoms with Crippen molar-refractivity contribution in [2.75, 3.05) is 0 Å². The number of rotatable bonds is 7. The summed E-state index contributed by atoms with van der Waals surface area (Å²) in [5.74, 6) is 0.782. The molecule has 0 fully saturated rings. The smallest absolute Gasteiger partial charge is 0.164 e. The van der Waals surface area contributed by atoms with E-state index in [0.29, 0.717) is 33.6 Å². The Labute approximate surface area is 360 Å². The van der Waals surface area contributed by atoms with Crippen molar-refractivity contribution in [2.45, 2.75) is 0 Å². The zero-order valence-electron chi connectivity index (χ0n) is 41.2. The molecule has 0 saturated carbocycles. The fourth-order valence-electron chi connectivity index (χ4n) is 7.63. The molecule has 2 aromatic heterocycles. The fourth-order valence-corrected chi connectivity index (χ4v) is 8.76. The van der Waals surface area contributed by atoms with Crippen LogP contribution in [0.15, 0.2) is 212 Å². The standard InChI is InChI=1S/C55H35N3S/c1-3-13-36(14-4-1)38-17-9-20-45(33-38)53-56-54(46-21-10-18-39(34-46)37-15-5-2-6-16-37)58-55(57-53)47-22-11-19-40(35-47)41-27-28-43-32-44(30-29-42(43)31-41)48-24-12-26-51-52(48)49-23-7-8-25-50(49)59-51/h1-35H/i1D,2D,3D,4D,5D,6D,13D,14D,15D,16D. The van der Waals surface area contributed by atoms with E-state index < -0.39 is 36.3 Å². The van der Waals surface area contributed by atoms with Crippen LogP contribution in [0.1, 0.15) is 13.7 Å². The van der Waals surface area contributed by atoms with E-state index in [1.165, 1.54) is 25.7 Å². The highest BCUT2D eigenvalue weighted by molar-refractivity contribution is 7.25. The number of nitrogens with zero attached hydrogens (tertiary/aromatic N) is 3. The van der Waals surface area contributed by atoms with Crippen LogP contribution in [-0.4, -0.2) is 15.0 Å². The van der Waals surface area contributed by atoms with E-state index in [-0.39, 0.29) is 46.9 Å². The molecule has 0 aliphatic carbocycles. The first-order valence-electron chi connectivity index (χ1n) is 24.0. The maximum absolute atomic E-state index is 8.65. The molecule has 59 heavy (non-hydrogen) atoms. The van der Waals surface area contributed by atoms with Gasteiger partial charge in [0.2, 0.25) is 0 Å². The SMILES string of the molecule is [2H]c1c([2H])c([2H])c(-c2cccc(-c3nc(-c4cccc(-c5ccc6cc(-c7cccc8sc9ccccc9c78)ccc6c5)c4)nc(-c4cccc(-c5c([2H])c([2H])c([2H])c([2H])c5[2H])c4)n3)c2)c([2H])c1[2H]. The van der Waals surface area contributed by atoms with Crippen LogP contribution < -0.4 is 0 Å². The first kappa shape index (κ1) is 25.7. The molecule has 0 aliphatic rings. The summed E-state index contributed by atoms with van der Waals surface area (Å²) in [4.78, 5) is 14.9. The van der Waals surface area contributed by atoms with Crippen LogP contribution in [0.25, 0.3) is 110 Å². The van der Waals surface area contributed by atoms with Gasteiger partial charge in [0.1, 0.15) is 0 Å². The minimum absolute atomic E-state index is 0.0384. The van der Waals surface area contributed by atoms with Crippen molar-refractivity contribution in [1.29, 1.82) is 0 Å². The zero-order chi connectivity index (χ0) is 47.8. The molecule has 4 heteroatoms. The maximum Gasteiger partial charge on any atom is 0.164 e. The van der Waals surface area contributed by atoms with Gasteiger partial charge in [-0.25, -0.2) is 15.0 Å².